The summed E-state index contributed by atoms with van der Waals surface area (Å²) in [6.07, 6.45) is 2.41. The molecule has 0 saturated heterocycles. The number of ether oxygens (including phenoxy) is 1. The molecule has 0 aromatic heterocycles. The maximum Gasteiger partial charge on any atom is 0.338 e. The minimum Gasteiger partial charge on any atom is -0.449 e. The van der Waals surface area contributed by atoms with Crippen molar-refractivity contribution in [1.82, 2.24) is 5.32 Å². The summed E-state index contributed by atoms with van der Waals surface area (Å²) >= 11 is 0. The van der Waals surface area contributed by atoms with Crippen molar-refractivity contribution in [3.8, 4) is 6.07 Å². The summed E-state index contributed by atoms with van der Waals surface area (Å²) in [7, 11) is 0. The second-order valence-corrected chi connectivity index (χ2v) is 6.62. The van der Waals surface area contributed by atoms with Gasteiger partial charge in [0.1, 0.15) is 0 Å². The largest absolute Gasteiger partial charge is 0.449 e. The van der Waals surface area contributed by atoms with E-state index in [-0.39, 0.29) is 11.9 Å². The third kappa shape index (κ3) is 4.35. The zero-order chi connectivity index (χ0) is 17.7. The molecule has 0 unspecified atom stereocenters. The number of carbonyl (C=O) groups is 2. The third-order valence-electron chi connectivity index (χ3n) is 4.94. The van der Waals surface area contributed by atoms with Crippen LogP contribution in [0.2, 0.25) is 0 Å². The number of nitrogens with zero attached hydrogens (tertiary/aromatic N) is 1. The van der Waals surface area contributed by atoms with E-state index in [9.17, 15) is 9.59 Å². The molecular formula is C19H24N2O3. The van der Waals surface area contributed by atoms with Crippen LogP contribution in [0.15, 0.2) is 24.3 Å². The summed E-state index contributed by atoms with van der Waals surface area (Å²) in [6.45, 7) is 5.94. The summed E-state index contributed by atoms with van der Waals surface area (Å²) in [5.41, 5.74) is 0.797. The SMILES string of the molecule is C[C@@H]1[C@H](C)CCC[C@H]1NC(=O)[C@@H](C)OC(=O)c1ccc(C#N)cc1. The molecule has 128 valence electrons. The molecule has 24 heavy (non-hydrogen) atoms. The fourth-order valence-corrected chi connectivity index (χ4v) is 3.05. The molecule has 0 aliphatic heterocycles. The average molecular weight is 328 g/mol. The Labute approximate surface area is 143 Å². The Morgan fingerprint density at radius 3 is 2.54 bits per heavy atom. The smallest absolute Gasteiger partial charge is 0.338 e. The highest BCUT2D eigenvalue weighted by atomic mass is 16.5. The van der Waals surface area contributed by atoms with E-state index < -0.39 is 12.1 Å². The van der Waals surface area contributed by atoms with E-state index in [1.807, 2.05) is 6.07 Å². The van der Waals surface area contributed by atoms with Gasteiger partial charge in [0, 0.05) is 6.04 Å². The number of rotatable bonds is 4. The minimum absolute atomic E-state index is 0.136. The Bertz CT molecular complexity index is 633. The van der Waals surface area contributed by atoms with Crippen molar-refractivity contribution < 1.29 is 14.3 Å². The lowest BCUT2D eigenvalue weighted by Gasteiger charge is -2.35. The van der Waals surface area contributed by atoms with Crippen molar-refractivity contribution in [2.75, 3.05) is 0 Å². The van der Waals surface area contributed by atoms with Gasteiger partial charge in [0.2, 0.25) is 0 Å². The molecule has 0 bridgehead atoms. The molecule has 0 radical (unpaired) electrons. The van der Waals surface area contributed by atoms with Gasteiger partial charge in [-0.25, -0.2) is 4.79 Å². The fraction of sp³-hybridized carbons (Fsp3) is 0.526. The van der Waals surface area contributed by atoms with Gasteiger partial charge in [-0.1, -0.05) is 26.7 Å². The van der Waals surface area contributed by atoms with E-state index in [4.69, 9.17) is 10.00 Å². The lowest BCUT2D eigenvalue weighted by atomic mass is 9.78. The van der Waals surface area contributed by atoms with Crippen molar-refractivity contribution in [3.05, 3.63) is 35.4 Å². The predicted molar refractivity (Wildman–Crippen MR) is 90.1 cm³/mol. The normalized spacial score (nSPS) is 24.5. The first-order valence-corrected chi connectivity index (χ1v) is 8.44. The van der Waals surface area contributed by atoms with Crippen LogP contribution in [-0.4, -0.2) is 24.0 Å². The number of nitriles is 1. The molecule has 1 aromatic rings. The number of carbonyl (C=O) groups excluding carboxylic acids is 2. The van der Waals surface area contributed by atoms with Crippen LogP contribution < -0.4 is 5.32 Å². The summed E-state index contributed by atoms with van der Waals surface area (Å²) in [6, 6.07) is 8.27. The van der Waals surface area contributed by atoms with Gasteiger partial charge in [-0.05, 0) is 49.4 Å². The summed E-state index contributed by atoms with van der Waals surface area (Å²) in [4.78, 5) is 24.4. The molecule has 1 aromatic carbocycles. The zero-order valence-electron chi connectivity index (χ0n) is 14.4. The van der Waals surface area contributed by atoms with Gasteiger partial charge in [-0.2, -0.15) is 5.26 Å². The molecule has 1 aliphatic carbocycles. The Morgan fingerprint density at radius 1 is 1.25 bits per heavy atom. The van der Waals surface area contributed by atoms with Crippen LogP contribution in [0.25, 0.3) is 0 Å². The highest BCUT2D eigenvalue weighted by Crippen LogP contribution is 2.29. The van der Waals surface area contributed by atoms with Crippen molar-refractivity contribution in [3.63, 3.8) is 0 Å². The van der Waals surface area contributed by atoms with Crippen molar-refractivity contribution in [2.45, 2.75) is 52.2 Å². The number of hydrogen-bond donors (Lipinski definition) is 1. The van der Waals surface area contributed by atoms with Crippen LogP contribution in [0, 0.1) is 23.2 Å². The van der Waals surface area contributed by atoms with Crippen LogP contribution in [0.4, 0.5) is 0 Å². The van der Waals surface area contributed by atoms with E-state index in [1.165, 1.54) is 18.6 Å². The van der Waals surface area contributed by atoms with Crippen molar-refractivity contribution in [2.24, 2.45) is 11.8 Å². The molecule has 5 nitrogen and oxygen atoms in total. The third-order valence-corrected chi connectivity index (χ3v) is 4.94. The van der Waals surface area contributed by atoms with Crippen molar-refractivity contribution >= 4 is 11.9 Å². The highest BCUT2D eigenvalue weighted by Gasteiger charge is 2.30. The lowest BCUT2D eigenvalue weighted by molar-refractivity contribution is -0.130. The van der Waals surface area contributed by atoms with E-state index in [0.717, 1.165) is 12.8 Å². The van der Waals surface area contributed by atoms with Crippen LogP contribution in [0.3, 0.4) is 0 Å². The first-order valence-electron chi connectivity index (χ1n) is 8.44. The molecule has 4 atom stereocenters. The standard InChI is InChI=1S/C19H24N2O3/c1-12-5-4-6-17(13(12)2)21-18(22)14(3)24-19(23)16-9-7-15(11-20)8-10-16/h7-10,12-14,17H,4-6H2,1-3H3,(H,21,22)/t12-,13-,14-,17-/m1/s1. The second-order valence-electron chi connectivity index (χ2n) is 6.62. The predicted octanol–water partition coefficient (Wildman–Crippen LogP) is 3.04. The first-order chi connectivity index (χ1) is 11.4. The number of amides is 1. The van der Waals surface area contributed by atoms with E-state index in [1.54, 1.807) is 19.1 Å². The molecular weight excluding hydrogens is 304 g/mol. The maximum atomic E-state index is 12.3. The van der Waals surface area contributed by atoms with Crippen molar-refractivity contribution in [1.29, 1.82) is 5.26 Å². The molecule has 0 heterocycles. The Hall–Kier alpha value is -2.35. The number of nitrogens with one attached hydrogen (secondary N) is 1. The topological polar surface area (TPSA) is 79.2 Å². The lowest BCUT2D eigenvalue weighted by Crippen LogP contribution is -2.47. The summed E-state index contributed by atoms with van der Waals surface area (Å²) in [5, 5.41) is 11.8. The van der Waals surface area contributed by atoms with Gasteiger partial charge in [-0.3, -0.25) is 4.79 Å². The molecule has 1 saturated carbocycles. The van der Waals surface area contributed by atoms with Gasteiger partial charge < -0.3 is 10.1 Å². The average Bonchev–Trinajstić information content (AvgIpc) is 2.58. The van der Waals surface area contributed by atoms with Crippen LogP contribution in [0.5, 0.6) is 0 Å². The fourth-order valence-electron chi connectivity index (χ4n) is 3.05. The van der Waals surface area contributed by atoms with Gasteiger partial charge in [-0.15, -0.1) is 0 Å². The van der Waals surface area contributed by atoms with Crippen LogP contribution in [-0.2, 0) is 9.53 Å². The van der Waals surface area contributed by atoms with Gasteiger partial charge in [0.25, 0.3) is 5.91 Å². The quantitative estimate of drug-likeness (QED) is 0.862. The number of benzene rings is 1. The molecule has 5 heteroatoms. The monoisotopic (exact) mass is 328 g/mol. The Morgan fingerprint density at radius 2 is 1.92 bits per heavy atom. The number of esters is 1. The molecule has 1 aliphatic rings. The summed E-state index contributed by atoms with van der Waals surface area (Å²) < 4.78 is 5.24. The van der Waals surface area contributed by atoms with E-state index in [0.29, 0.717) is 23.0 Å². The molecule has 1 fully saturated rings. The van der Waals surface area contributed by atoms with E-state index in [2.05, 4.69) is 19.2 Å². The molecule has 1 N–H and O–H groups in total. The van der Waals surface area contributed by atoms with E-state index >= 15 is 0 Å². The Balaban J connectivity index is 1.90. The number of hydrogen-bond acceptors (Lipinski definition) is 4. The Kier molecular flexibility index (Phi) is 5.97. The molecule has 0 spiro atoms. The highest BCUT2D eigenvalue weighted by molar-refractivity contribution is 5.92. The van der Waals surface area contributed by atoms with Gasteiger partial charge in [0.05, 0.1) is 17.2 Å². The van der Waals surface area contributed by atoms with Crippen LogP contribution >= 0.6 is 0 Å². The van der Waals surface area contributed by atoms with Gasteiger partial charge in [0.15, 0.2) is 6.10 Å². The minimum atomic E-state index is -0.849. The molecule has 1 amide bonds. The maximum absolute atomic E-state index is 12.3. The first kappa shape index (κ1) is 18.0. The molecule has 2 rings (SSSR count). The van der Waals surface area contributed by atoms with Gasteiger partial charge >= 0.3 is 5.97 Å². The summed E-state index contributed by atoms with van der Waals surface area (Å²) in [5.74, 6) is 0.180. The zero-order valence-corrected chi connectivity index (χ0v) is 14.4. The van der Waals surface area contributed by atoms with Crippen LogP contribution in [0.1, 0.15) is 56.0 Å². The second kappa shape index (κ2) is 7.96.